The molecule has 1 aliphatic heterocycles. The summed E-state index contributed by atoms with van der Waals surface area (Å²) < 4.78 is 49.9. The molecule has 3 rings (SSSR count). The molecular formula is C17H18F2N2O2S. The van der Waals surface area contributed by atoms with Crippen LogP contribution in [0, 0.1) is 11.6 Å². The second kappa shape index (κ2) is 7.53. The van der Waals surface area contributed by atoms with Crippen molar-refractivity contribution in [2.45, 2.75) is 18.2 Å². The second-order valence-corrected chi connectivity index (χ2v) is 7.73. The summed E-state index contributed by atoms with van der Waals surface area (Å²) in [5.41, 5.74) is 5.57. The zero-order chi connectivity index (χ0) is 17.7. The summed E-state index contributed by atoms with van der Waals surface area (Å²) in [5.74, 6) is -1.91. The minimum absolute atomic E-state index is 0.0369. The molecule has 0 bridgehead atoms. The highest BCUT2D eigenvalue weighted by molar-refractivity contribution is 7.92. The lowest BCUT2D eigenvalue weighted by Crippen LogP contribution is -2.40. The van der Waals surface area contributed by atoms with Gasteiger partial charge in [-0.05, 0) is 13.0 Å². The van der Waals surface area contributed by atoms with E-state index in [1.807, 2.05) is 36.4 Å². The van der Waals surface area contributed by atoms with Crippen molar-refractivity contribution in [3.63, 3.8) is 0 Å². The first-order valence-electron chi connectivity index (χ1n) is 7.31. The lowest BCUT2D eigenvalue weighted by Gasteiger charge is -2.24. The second-order valence-electron chi connectivity index (χ2n) is 5.36. The molecule has 0 fully saturated rings. The number of sulfone groups is 1. The first-order chi connectivity index (χ1) is 11.3. The summed E-state index contributed by atoms with van der Waals surface area (Å²) in [6.45, 7) is 1.44. The van der Waals surface area contributed by atoms with Gasteiger partial charge in [-0.15, -0.1) is 0 Å². The van der Waals surface area contributed by atoms with Crippen molar-refractivity contribution in [2.24, 2.45) is 10.7 Å². The summed E-state index contributed by atoms with van der Waals surface area (Å²) in [5, 5.41) is -0.864. The molecule has 0 amide bonds. The molecule has 1 aliphatic rings. The van der Waals surface area contributed by atoms with Gasteiger partial charge in [-0.3, -0.25) is 4.99 Å². The van der Waals surface area contributed by atoms with Crippen LogP contribution >= 0.6 is 0 Å². The standard InChI is InChI=1S/C11H12F2N2O2S.C6H6/c1-6-11(14)15-10(5-18(6,16)17)8-3-2-7(12)4-9(8)13;1-2-4-6-5-3-1/h2-4,6,10H,5H2,1H3,(H2,14,15);1-6H. The van der Waals surface area contributed by atoms with Crippen molar-refractivity contribution < 1.29 is 17.2 Å². The number of halogens is 2. The van der Waals surface area contributed by atoms with Gasteiger partial charge in [0.2, 0.25) is 0 Å². The SMILES string of the molecule is CC1C(N)=NC(c2ccc(F)cc2F)CS1(=O)=O.c1ccccc1. The highest BCUT2D eigenvalue weighted by Gasteiger charge is 2.34. The van der Waals surface area contributed by atoms with Gasteiger partial charge in [0.15, 0.2) is 9.84 Å². The number of hydrogen-bond acceptors (Lipinski definition) is 4. The molecule has 1 heterocycles. The highest BCUT2D eigenvalue weighted by Crippen LogP contribution is 2.28. The van der Waals surface area contributed by atoms with Crippen molar-refractivity contribution >= 4 is 15.7 Å². The van der Waals surface area contributed by atoms with Crippen LogP contribution in [0.25, 0.3) is 0 Å². The van der Waals surface area contributed by atoms with E-state index in [2.05, 4.69) is 4.99 Å². The third-order valence-electron chi connectivity index (χ3n) is 3.64. The van der Waals surface area contributed by atoms with E-state index in [0.717, 1.165) is 6.07 Å². The van der Waals surface area contributed by atoms with Crippen LogP contribution in [0.4, 0.5) is 8.78 Å². The number of nitrogens with two attached hydrogens (primary N) is 1. The van der Waals surface area contributed by atoms with E-state index in [-0.39, 0.29) is 17.2 Å². The number of nitrogens with zero attached hydrogens (tertiary/aromatic N) is 1. The Morgan fingerprint density at radius 2 is 1.62 bits per heavy atom. The molecule has 0 spiro atoms. The normalized spacial score (nSPS) is 22.0. The molecule has 2 unspecified atom stereocenters. The van der Waals surface area contributed by atoms with Gasteiger partial charge in [-0.25, -0.2) is 17.2 Å². The number of aliphatic imine (C=N–C) groups is 1. The van der Waals surface area contributed by atoms with Crippen LogP contribution in [0.3, 0.4) is 0 Å². The third kappa shape index (κ3) is 4.38. The van der Waals surface area contributed by atoms with Crippen LogP contribution in [0.2, 0.25) is 0 Å². The Balaban J connectivity index is 0.000000292. The predicted octanol–water partition coefficient (Wildman–Crippen LogP) is 2.87. The fraction of sp³-hybridized carbons (Fsp3) is 0.235. The van der Waals surface area contributed by atoms with Crippen molar-refractivity contribution in [2.75, 3.05) is 5.75 Å². The van der Waals surface area contributed by atoms with Gasteiger partial charge >= 0.3 is 0 Å². The molecule has 0 saturated carbocycles. The van der Waals surface area contributed by atoms with Crippen LogP contribution in [0.15, 0.2) is 59.6 Å². The van der Waals surface area contributed by atoms with E-state index in [4.69, 9.17) is 5.73 Å². The van der Waals surface area contributed by atoms with Gasteiger partial charge in [0.05, 0.1) is 11.8 Å². The molecule has 0 saturated heterocycles. The smallest absolute Gasteiger partial charge is 0.162 e. The number of rotatable bonds is 1. The molecule has 24 heavy (non-hydrogen) atoms. The molecule has 0 aromatic heterocycles. The average Bonchev–Trinajstić information content (AvgIpc) is 2.54. The minimum Gasteiger partial charge on any atom is -0.386 e. The van der Waals surface area contributed by atoms with Gasteiger partial charge in [0, 0.05) is 11.6 Å². The third-order valence-corrected chi connectivity index (χ3v) is 5.74. The van der Waals surface area contributed by atoms with Crippen molar-refractivity contribution in [1.82, 2.24) is 0 Å². The molecule has 7 heteroatoms. The molecule has 128 valence electrons. The van der Waals surface area contributed by atoms with Crippen LogP contribution in [0.5, 0.6) is 0 Å². The largest absolute Gasteiger partial charge is 0.386 e. The molecule has 4 nitrogen and oxygen atoms in total. The van der Waals surface area contributed by atoms with E-state index in [9.17, 15) is 17.2 Å². The van der Waals surface area contributed by atoms with Gasteiger partial charge in [0.1, 0.15) is 22.7 Å². The fourth-order valence-corrected chi connectivity index (χ4v) is 3.60. The maximum Gasteiger partial charge on any atom is 0.162 e. The summed E-state index contributed by atoms with van der Waals surface area (Å²) in [6, 6.07) is 14.0. The Kier molecular flexibility index (Phi) is 5.66. The van der Waals surface area contributed by atoms with Crippen molar-refractivity contribution in [3.8, 4) is 0 Å². The van der Waals surface area contributed by atoms with E-state index >= 15 is 0 Å². The molecule has 2 aromatic carbocycles. The molecule has 2 aromatic rings. The zero-order valence-corrected chi connectivity index (χ0v) is 13.9. The molecule has 2 atom stereocenters. The van der Waals surface area contributed by atoms with E-state index in [1.165, 1.54) is 13.0 Å². The van der Waals surface area contributed by atoms with Gasteiger partial charge in [0.25, 0.3) is 0 Å². The topological polar surface area (TPSA) is 72.5 Å². The molecular weight excluding hydrogens is 334 g/mol. The van der Waals surface area contributed by atoms with E-state index < -0.39 is 32.8 Å². The average molecular weight is 352 g/mol. The summed E-state index contributed by atoms with van der Waals surface area (Å²) >= 11 is 0. The lowest BCUT2D eigenvalue weighted by molar-refractivity contribution is 0.553. The van der Waals surface area contributed by atoms with E-state index in [1.54, 1.807) is 0 Å². The number of benzene rings is 2. The Labute approximate surface area is 140 Å². The summed E-state index contributed by atoms with van der Waals surface area (Å²) in [4.78, 5) is 3.97. The summed E-state index contributed by atoms with van der Waals surface area (Å²) in [7, 11) is -3.45. The van der Waals surface area contributed by atoms with Gasteiger partial charge < -0.3 is 5.73 Å². The Hall–Kier alpha value is -2.28. The minimum atomic E-state index is -3.45. The quantitative estimate of drug-likeness (QED) is 0.858. The first kappa shape index (κ1) is 18.1. The Morgan fingerprint density at radius 3 is 2.08 bits per heavy atom. The predicted molar refractivity (Wildman–Crippen MR) is 90.4 cm³/mol. The lowest BCUT2D eigenvalue weighted by atomic mass is 10.1. The maximum atomic E-state index is 13.6. The Morgan fingerprint density at radius 1 is 1.08 bits per heavy atom. The van der Waals surface area contributed by atoms with E-state index in [0.29, 0.717) is 6.07 Å². The van der Waals surface area contributed by atoms with Crippen LogP contribution in [-0.2, 0) is 9.84 Å². The number of amidine groups is 1. The molecule has 0 radical (unpaired) electrons. The van der Waals surface area contributed by atoms with Crippen LogP contribution < -0.4 is 5.73 Å². The van der Waals surface area contributed by atoms with Crippen LogP contribution in [-0.4, -0.2) is 25.3 Å². The zero-order valence-electron chi connectivity index (χ0n) is 13.1. The maximum absolute atomic E-state index is 13.6. The number of hydrogen-bond donors (Lipinski definition) is 1. The fourth-order valence-electron chi connectivity index (χ4n) is 2.19. The highest BCUT2D eigenvalue weighted by atomic mass is 32.2. The first-order valence-corrected chi connectivity index (χ1v) is 9.02. The molecule has 2 N–H and O–H groups in total. The Bertz CT molecular complexity index is 797. The summed E-state index contributed by atoms with van der Waals surface area (Å²) in [6.07, 6.45) is 0. The van der Waals surface area contributed by atoms with Crippen molar-refractivity contribution in [3.05, 3.63) is 71.8 Å². The van der Waals surface area contributed by atoms with Crippen molar-refractivity contribution in [1.29, 1.82) is 0 Å². The van der Waals surface area contributed by atoms with Crippen LogP contribution in [0.1, 0.15) is 18.5 Å². The monoisotopic (exact) mass is 352 g/mol. The molecule has 0 aliphatic carbocycles. The van der Waals surface area contributed by atoms with Gasteiger partial charge in [-0.2, -0.15) is 0 Å². The van der Waals surface area contributed by atoms with Gasteiger partial charge in [-0.1, -0.05) is 42.5 Å².